The number of rotatable bonds is 2. The van der Waals surface area contributed by atoms with Crippen LogP contribution in [0.4, 0.5) is 0 Å². The molecule has 0 radical (unpaired) electrons. The number of benzene rings is 3. The minimum atomic E-state index is -4.94. The minimum Gasteiger partial charge on any atom is -0.222 e. The quantitative estimate of drug-likeness (QED) is 0.382. The van der Waals surface area contributed by atoms with Gasteiger partial charge in [0.1, 0.15) is 4.88 Å². The zero-order valence-corrected chi connectivity index (χ0v) is 19.1. The average Bonchev–Trinajstić information content (AvgIpc) is 3.09. The standard InChI is InChI=1S/C24H16ClNS.ClHO4/c1-15-18-9-5-6-10-23(18)27-24(15)22-14-19(16-7-3-2-4-8-16)20-13-17(25)11-12-21(20)26-22;2-1(3,4)5/h2-14H,1H3;(H,2,3,4,5). The molecule has 0 aliphatic carbocycles. The molecule has 162 valence electrons. The van der Waals surface area contributed by atoms with E-state index in [1.807, 2.05) is 29.5 Å². The van der Waals surface area contributed by atoms with Crippen molar-refractivity contribution in [2.75, 3.05) is 0 Å². The molecule has 0 bridgehead atoms. The molecule has 8 heteroatoms. The number of nitrogens with one attached hydrogen (secondary N) is 1. The van der Waals surface area contributed by atoms with Crippen LogP contribution < -0.4 is 23.6 Å². The van der Waals surface area contributed by atoms with E-state index in [1.54, 1.807) is 0 Å². The van der Waals surface area contributed by atoms with Gasteiger partial charge in [0.05, 0.1) is 5.39 Å². The van der Waals surface area contributed by atoms with Gasteiger partial charge in [-0.05, 0) is 41.6 Å². The van der Waals surface area contributed by atoms with Crippen LogP contribution in [0.1, 0.15) is 5.56 Å². The van der Waals surface area contributed by atoms with Gasteiger partial charge < -0.3 is 0 Å². The lowest BCUT2D eigenvalue weighted by Gasteiger charge is -2.17. The summed E-state index contributed by atoms with van der Waals surface area (Å²) in [6, 6.07) is 27.4. The van der Waals surface area contributed by atoms with Crippen LogP contribution in [0.2, 0.25) is 5.02 Å². The van der Waals surface area contributed by atoms with E-state index >= 15 is 0 Å². The minimum absolute atomic E-state index is 0.749. The second-order valence-corrected chi connectivity index (χ2v) is 9.33. The van der Waals surface area contributed by atoms with Gasteiger partial charge in [0.15, 0.2) is 0 Å². The first kappa shape index (κ1) is 22.6. The molecule has 32 heavy (non-hydrogen) atoms. The molecule has 2 aromatic heterocycles. The highest BCUT2D eigenvalue weighted by atomic mass is 35.7. The number of hydrogen-bond acceptors (Lipinski definition) is 5. The first-order chi connectivity index (χ1) is 15.2. The van der Waals surface area contributed by atoms with Crippen molar-refractivity contribution < 1.29 is 33.9 Å². The molecule has 3 aromatic carbocycles. The Bertz CT molecular complexity index is 1390. The molecular formula is C24H17Cl2NO4S. The van der Waals surface area contributed by atoms with Crippen molar-refractivity contribution >= 4 is 43.9 Å². The fraction of sp³-hybridized carbons (Fsp3) is 0.0417. The number of aromatic amines is 1. The third-order valence-corrected chi connectivity index (χ3v) is 6.54. The molecule has 0 aliphatic heterocycles. The predicted molar refractivity (Wildman–Crippen MR) is 117 cm³/mol. The second kappa shape index (κ2) is 9.13. The van der Waals surface area contributed by atoms with Crippen molar-refractivity contribution in [3.8, 4) is 21.7 Å². The Labute approximate surface area is 195 Å². The molecule has 2 heterocycles. The molecule has 5 aromatic rings. The van der Waals surface area contributed by atoms with Crippen LogP contribution in [0.25, 0.3) is 42.7 Å². The van der Waals surface area contributed by atoms with Gasteiger partial charge in [-0.3, -0.25) is 0 Å². The topological polar surface area (TPSA) is 106 Å². The maximum Gasteiger partial charge on any atom is 0.222 e. The number of fused-ring (bicyclic) bond motifs is 2. The van der Waals surface area contributed by atoms with Gasteiger partial charge in [0.2, 0.25) is 11.2 Å². The van der Waals surface area contributed by atoms with E-state index in [2.05, 4.69) is 72.6 Å². The Balaban J connectivity index is 0.000000444. The maximum absolute atomic E-state index is 8.49. The molecule has 5 nitrogen and oxygen atoms in total. The van der Waals surface area contributed by atoms with Crippen LogP contribution in [-0.2, 0) is 0 Å². The fourth-order valence-electron chi connectivity index (χ4n) is 3.66. The Morgan fingerprint density at radius 3 is 2.16 bits per heavy atom. The first-order valence-electron chi connectivity index (χ1n) is 9.52. The highest BCUT2D eigenvalue weighted by molar-refractivity contribution is 7.22. The molecule has 0 atom stereocenters. The highest BCUT2D eigenvalue weighted by Gasteiger charge is 2.19. The number of H-pyrrole nitrogens is 1. The van der Waals surface area contributed by atoms with E-state index < -0.39 is 10.2 Å². The SMILES string of the molecule is Cc1c(-c2cc(-c3ccccc3)c3cc(Cl)ccc3[nH+]2)sc2ccccc12.[O-][Cl+3]([O-])([O-])[O-]. The largest absolute Gasteiger partial charge is 0.222 e. The van der Waals surface area contributed by atoms with E-state index in [0.29, 0.717) is 0 Å². The Kier molecular flexibility index (Phi) is 6.46. The van der Waals surface area contributed by atoms with Crippen molar-refractivity contribution in [1.29, 1.82) is 0 Å². The van der Waals surface area contributed by atoms with Crippen molar-refractivity contribution in [2.45, 2.75) is 6.92 Å². The Morgan fingerprint density at radius 2 is 1.47 bits per heavy atom. The molecule has 0 spiro atoms. The lowest BCUT2D eigenvalue weighted by molar-refractivity contribution is -2.00. The van der Waals surface area contributed by atoms with Crippen molar-refractivity contribution in [3.05, 3.63) is 89.4 Å². The summed E-state index contributed by atoms with van der Waals surface area (Å²) in [7, 11) is -4.94. The normalized spacial score (nSPS) is 11.4. The van der Waals surface area contributed by atoms with Crippen molar-refractivity contribution in [1.82, 2.24) is 0 Å². The lowest BCUT2D eigenvalue weighted by atomic mass is 9.99. The molecule has 0 aliphatic rings. The Hall–Kier alpha value is -2.55. The summed E-state index contributed by atoms with van der Waals surface area (Å²) in [6.45, 7) is 2.20. The Morgan fingerprint density at radius 1 is 0.812 bits per heavy atom. The summed E-state index contributed by atoms with van der Waals surface area (Å²) in [6.07, 6.45) is 0. The fourth-order valence-corrected chi connectivity index (χ4v) is 5.01. The van der Waals surface area contributed by atoms with Crippen LogP contribution in [0.5, 0.6) is 0 Å². The lowest BCUT2D eigenvalue weighted by Crippen LogP contribution is -2.68. The van der Waals surface area contributed by atoms with Gasteiger partial charge in [-0.25, -0.2) is 23.6 Å². The van der Waals surface area contributed by atoms with Gasteiger partial charge in [0, 0.05) is 27.4 Å². The predicted octanol–water partition coefficient (Wildman–Crippen LogP) is 2.41. The third-order valence-electron chi connectivity index (χ3n) is 5.00. The van der Waals surface area contributed by atoms with E-state index in [9.17, 15) is 0 Å². The number of aromatic nitrogens is 1. The van der Waals surface area contributed by atoms with Gasteiger partial charge in [0.25, 0.3) is 0 Å². The van der Waals surface area contributed by atoms with Crippen LogP contribution in [0, 0.1) is 17.2 Å². The summed E-state index contributed by atoms with van der Waals surface area (Å²) in [5.74, 6) is 0. The van der Waals surface area contributed by atoms with Crippen molar-refractivity contribution in [2.24, 2.45) is 0 Å². The first-order valence-corrected chi connectivity index (χ1v) is 11.9. The summed E-state index contributed by atoms with van der Waals surface area (Å²) in [5.41, 5.74) is 5.94. The van der Waals surface area contributed by atoms with E-state index in [-0.39, 0.29) is 0 Å². The van der Waals surface area contributed by atoms with Gasteiger partial charge in [-0.2, -0.15) is 0 Å². The number of pyridine rings is 1. The maximum atomic E-state index is 8.49. The number of thiophene rings is 1. The highest BCUT2D eigenvalue weighted by Crippen LogP contribution is 2.39. The summed E-state index contributed by atoms with van der Waals surface area (Å²) < 4.78 is 35.3. The van der Waals surface area contributed by atoms with Crippen LogP contribution >= 0.6 is 22.9 Å². The van der Waals surface area contributed by atoms with E-state index in [1.165, 1.54) is 31.7 Å². The molecule has 0 saturated heterocycles. The molecular weight excluding hydrogens is 469 g/mol. The summed E-state index contributed by atoms with van der Waals surface area (Å²) >= 11 is 8.14. The summed E-state index contributed by atoms with van der Waals surface area (Å²) in [4.78, 5) is 4.92. The molecule has 0 fully saturated rings. The number of halogens is 2. The van der Waals surface area contributed by atoms with Crippen LogP contribution in [-0.4, -0.2) is 0 Å². The molecule has 5 rings (SSSR count). The zero-order valence-electron chi connectivity index (χ0n) is 16.8. The van der Waals surface area contributed by atoms with Gasteiger partial charge >= 0.3 is 0 Å². The number of hydrogen-bond donors (Lipinski definition) is 0. The third kappa shape index (κ3) is 5.09. The van der Waals surface area contributed by atoms with Gasteiger partial charge in [-0.1, -0.05) is 60.1 Å². The van der Waals surface area contributed by atoms with Gasteiger partial charge in [-0.15, -0.1) is 21.6 Å². The summed E-state index contributed by atoms with van der Waals surface area (Å²) in [5, 5.41) is 3.21. The molecule has 0 unspecified atom stereocenters. The van der Waals surface area contributed by atoms with Crippen molar-refractivity contribution in [3.63, 3.8) is 0 Å². The average molecular weight is 486 g/mol. The second-order valence-electron chi connectivity index (χ2n) is 7.08. The smallest absolute Gasteiger partial charge is 0.222 e. The van der Waals surface area contributed by atoms with Crippen LogP contribution in [0.15, 0.2) is 78.9 Å². The van der Waals surface area contributed by atoms with E-state index in [4.69, 9.17) is 30.2 Å². The molecule has 0 saturated carbocycles. The molecule has 1 N–H and O–H groups in total. The zero-order chi connectivity index (χ0) is 22.9. The molecule has 0 amide bonds. The number of aryl methyl sites for hydroxylation is 1. The monoisotopic (exact) mass is 485 g/mol. The van der Waals surface area contributed by atoms with Crippen LogP contribution in [0.3, 0.4) is 0 Å². The van der Waals surface area contributed by atoms with E-state index in [0.717, 1.165) is 21.6 Å².